The normalized spacial score (nSPS) is 13.4. The third kappa shape index (κ3) is 6.09. The first-order chi connectivity index (χ1) is 15.8. The van der Waals surface area contributed by atoms with Crippen LogP contribution in [0.4, 0.5) is 18.9 Å². The van der Waals surface area contributed by atoms with Crippen LogP contribution in [0.1, 0.15) is 46.4 Å². The van der Waals surface area contributed by atoms with Crippen molar-refractivity contribution in [3.05, 3.63) is 71.4 Å². The van der Waals surface area contributed by atoms with Crippen molar-refractivity contribution in [2.75, 3.05) is 11.9 Å². The fourth-order valence-electron chi connectivity index (χ4n) is 2.93. The van der Waals surface area contributed by atoms with Crippen molar-refractivity contribution in [1.82, 2.24) is 15.5 Å². The van der Waals surface area contributed by atoms with E-state index in [-0.39, 0.29) is 18.1 Å². The molecule has 8 nitrogen and oxygen atoms in total. The van der Waals surface area contributed by atoms with Gasteiger partial charge in [-0.1, -0.05) is 11.2 Å². The van der Waals surface area contributed by atoms with Crippen molar-refractivity contribution in [1.29, 1.82) is 0 Å². The van der Waals surface area contributed by atoms with Gasteiger partial charge in [0.1, 0.15) is 5.75 Å². The number of rotatable bonds is 8. The van der Waals surface area contributed by atoms with E-state index >= 15 is 0 Å². The molecule has 2 aromatic carbocycles. The van der Waals surface area contributed by atoms with Crippen LogP contribution in [0.3, 0.4) is 0 Å². The second-order valence-electron chi connectivity index (χ2n) is 7.44. The van der Waals surface area contributed by atoms with Crippen LogP contribution < -0.4 is 15.4 Å². The molecule has 0 bridgehead atoms. The summed E-state index contributed by atoms with van der Waals surface area (Å²) < 4.78 is 48.7. The number of alkyl halides is 3. The number of aromatic nitrogens is 2. The standard InChI is InChI=1S/C22H19F3N4O4/c23-22(24,25)15-2-1-3-16(10-15)27-18(30)12-32-17-8-6-14(7-9-17)21(31)26-11-19-28-20(29-33-19)13-4-5-13/h1-3,6-10,13H,4-5,11-12H2,(H,26,31)(H,27,30). The third-order valence-electron chi connectivity index (χ3n) is 4.79. The van der Waals surface area contributed by atoms with E-state index in [0.717, 1.165) is 25.0 Å². The summed E-state index contributed by atoms with van der Waals surface area (Å²) in [7, 11) is 0. The van der Waals surface area contributed by atoms with Crippen molar-refractivity contribution in [3.63, 3.8) is 0 Å². The minimum absolute atomic E-state index is 0.0101. The van der Waals surface area contributed by atoms with E-state index in [9.17, 15) is 22.8 Å². The lowest BCUT2D eigenvalue weighted by Gasteiger charge is -2.11. The Bertz CT molecular complexity index is 1140. The average molecular weight is 460 g/mol. The van der Waals surface area contributed by atoms with Gasteiger partial charge >= 0.3 is 6.18 Å². The van der Waals surface area contributed by atoms with E-state index in [4.69, 9.17) is 9.26 Å². The Morgan fingerprint density at radius 3 is 2.58 bits per heavy atom. The predicted molar refractivity (Wildman–Crippen MR) is 109 cm³/mol. The van der Waals surface area contributed by atoms with Crippen LogP contribution in [0.25, 0.3) is 0 Å². The number of halogens is 3. The Kier molecular flexibility index (Phi) is 6.29. The quantitative estimate of drug-likeness (QED) is 0.528. The molecule has 4 rings (SSSR count). The molecule has 1 saturated carbocycles. The number of nitrogens with zero attached hydrogens (tertiary/aromatic N) is 2. The van der Waals surface area contributed by atoms with Crippen molar-refractivity contribution >= 4 is 17.5 Å². The van der Waals surface area contributed by atoms with E-state index < -0.39 is 24.3 Å². The number of amides is 2. The van der Waals surface area contributed by atoms with Crippen molar-refractivity contribution in [2.24, 2.45) is 0 Å². The number of carbonyl (C=O) groups excluding carboxylic acids is 2. The molecule has 1 heterocycles. The van der Waals surface area contributed by atoms with Crippen LogP contribution >= 0.6 is 0 Å². The molecule has 33 heavy (non-hydrogen) atoms. The summed E-state index contributed by atoms with van der Waals surface area (Å²) in [5.41, 5.74) is -0.494. The number of ether oxygens (including phenoxy) is 1. The summed E-state index contributed by atoms with van der Waals surface area (Å²) in [6, 6.07) is 10.3. The van der Waals surface area contributed by atoms with Crippen LogP contribution in [-0.4, -0.2) is 28.6 Å². The lowest BCUT2D eigenvalue weighted by Crippen LogP contribution is -2.23. The molecule has 0 spiro atoms. The van der Waals surface area contributed by atoms with Gasteiger partial charge in [-0.15, -0.1) is 0 Å². The van der Waals surface area contributed by atoms with Crippen LogP contribution in [0.15, 0.2) is 53.1 Å². The highest BCUT2D eigenvalue weighted by Gasteiger charge is 2.30. The lowest BCUT2D eigenvalue weighted by molar-refractivity contribution is -0.137. The minimum Gasteiger partial charge on any atom is -0.484 e. The van der Waals surface area contributed by atoms with Gasteiger partial charge in [0.15, 0.2) is 12.4 Å². The Morgan fingerprint density at radius 1 is 1.12 bits per heavy atom. The molecule has 0 atom stereocenters. The molecule has 3 aromatic rings. The summed E-state index contributed by atoms with van der Waals surface area (Å²) in [4.78, 5) is 28.5. The molecule has 172 valence electrons. The molecule has 0 unspecified atom stereocenters. The molecule has 1 aliphatic rings. The van der Waals surface area contributed by atoms with Gasteiger partial charge < -0.3 is 19.9 Å². The number of carbonyl (C=O) groups is 2. The molecule has 11 heteroatoms. The SMILES string of the molecule is O=C(COc1ccc(C(=O)NCc2nc(C3CC3)no2)cc1)Nc1cccc(C(F)(F)F)c1. The van der Waals surface area contributed by atoms with Gasteiger partial charge in [-0.05, 0) is 55.3 Å². The van der Waals surface area contributed by atoms with Gasteiger partial charge in [-0.3, -0.25) is 9.59 Å². The van der Waals surface area contributed by atoms with Gasteiger partial charge in [-0.25, -0.2) is 0 Å². The molecule has 1 aliphatic carbocycles. The number of hydrogen-bond acceptors (Lipinski definition) is 6. The topological polar surface area (TPSA) is 106 Å². The second kappa shape index (κ2) is 9.31. The van der Waals surface area contributed by atoms with Gasteiger partial charge in [-0.2, -0.15) is 18.2 Å². The average Bonchev–Trinajstić information content (AvgIpc) is 3.54. The fraction of sp³-hybridized carbons (Fsp3) is 0.273. The number of benzene rings is 2. The minimum atomic E-state index is -4.50. The second-order valence-corrected chi connectivity index (χ2v) is 7.44. The first-order valence-corrected chi connectivity index (χ1v) is 10.1. The maximum Gasteiger partial charge on any atom is 0.416 e. The Balaban J connectivity index is 1.24. The van der Waals surface area contributed by atoms with Gasteiger partial charge in [0, 0.05) is 17.2 Å². The summed E-state index contributed by atoms with van der Waals surface area (Å²) in [6.45, 7) is -0.311. The highest BCUT2D eigenvalue weighted by molar-refractivity contribution is 5.94. The van der Waals surface area contributed by atoms with Crippen molar-refractivity contribution < 1.29 is 32.0 Å². The summed E-state index contributed by atoms with van der Waals surface area (Å²) >= 11 is 0. The summed E-state index contributed by atoms with van der Waals surface area (Å²) in [6.07, 6.45) is -2.41. The molecule has 1 fully saturated rings. The first kappa shape index (κ1) is 22.3. The fourth-order valence-corrected chi connectivity index (χ4v) is 2.93. The van der Waals surface area contributed by atoms with Gasteiger partial charge in [0.25, 0.3) is 11.8 Å². The third-order valence-corrected chi connectivity index (χ3v) is 4.79. The number of hydrogen-bond donors (Lipinski definition) is 2. The maximum absolute atomic E-state index is 12.8. The number of anilines is 1. The lowest BCUT2D eigenvalue weighted by atomic mass is 10.2. The maximum atomic E-state index is 12.8. The van der Waals surface area contributed by atoms with Crippen LogP contribution in [0, 0.1) is 0 Å². The molecular formula is C22H19F3N4O4. The highest BCUT2D eigenvalue weighted by Crippen LogP contribution is 2.38. The molecule has 0 saturated heterocycles. The zero-order valence-corrected chi connectivity index (χ0v) is 17.2. The molecule has 1 aromatic heterocycles. The van der Waals surface area contributed by atoms with Gasteiger partial charge in [0.2, 0.25) is 5.89 Å². The largest absolute Gasteiger partial charge is 0.484 e. The van der Waals surface area contributed by atoms with Crippen LogP contribution in [-0.2, 0) is 17.5 Å². The Morgan fingerprint density at radius 2 is 1.88 bits per heavy atom. The summed E-state index contributed by atoms with van der Waals surface area (Å²) in [5, 5.41) is 8.91. The Hall–Kier alpha value is -3.89. The molecular weight excluding hydrogens is 441 g/mol. The van der Waals surface area contributed by atoms with E-state index in [0.29, 0.717) is 28.9 Å². The monoisotopic (exact) mass is 460 g/mol. The molecule has 0 radical (unpaired) electrons. The Labute approximate surface area is 186 Å². The molecule has 0 aliphatic heterocycles. The summed E-state index contributed by atoms with van der Waals surface area (Å²) in [5.74, 6) is 0.695. The van der Waals surface area contributed by atoms with Crippen molar-refractivity contribution in [3.8, 4) is 5.75 Å². The van der Waals surface area contributed by atoms with E-state index in [2.05, 4.69) is 20.8 Å². The predicted octanol–water partition coefficient (Wildman–Crippen LogP) is 3.91. The number of nitrogens with one attached hydrogen (secondary N) is 2. The van der Waals surface area contributed by atoms with E-state index in [1.54, 1.807) is 0 Å². The van der Waals surface area contributed by atoms with Gasteiger partial charge in [0.05, 0.1) is 12.1 Å². The van der Waals surface area contributed by atoms with Crippen LogP contribution in [0.2, 0.25) is 0 Å². The first-order valence-electron chi connectivity index (χ1n) is 10.1. The molecule has 2 amide bonds. The van der Waals surface area contributed by atoms with E-state index in [1.807, 2.05) is 0 Å². The smallest absolute Gasteiger partial charge is 0.416 e. The van der Waals surface area contributed by atoms with E-state index in [1.165, 1.54) is 36.4 Å². The zero-order chi connectivity index (χ0) is 23.4. The molecule has 2 N–H and O–H groups in total. The highest BCUT2D eigenvalue weighted by atomic mass is 19.4. The van der Waals surface area contributed by atoms with Crippen molar-refractivity contribution in [2.45, 2.75) is 31.5 Å². The van der Waals surface area contributed by atoms with Crippen LogP contribution in [0.5, 0.6) is 5.75 Å². The zero-order valence-electron chi connectivity index (χ0n) is 17.2.